The first-order valence-corrected chi connectivity index (χ1v) is 5.61. The number of rotatable bonds is 1. The van der Waals surface area contributed by atoms with Crippen LogP contribution >= 0.6 is 0 Å². The van der Waals surface area contributed by atoms with Crippen molar-refractivity contribution in [3.05, 3.63) is 0 Å². The highest BCUT2D eigenvalue weighted by Gasteiger charge is 2.43. The largest absolute Gasteiger partial charge is 0.391 e. The first kappa shape index (κ1) is 10.4. The van der Waals surface area contributed by atoms with E-state index in [1.165, 1.54) is 0 Å². The molecular formula is C11H21NO2. The number of nitrogens with zero attached hydrogens (tertiary/aromatic N) is 1. The Bertz CT molecular complexity index is 217. The summed E-state index contributed by atoms with van der Waals surface area (Å²) in [5, 5.41) is 19.6. The fourth-order valence-corrected chi connectivity index (χ4v) is 2.76. The van der Waals surface area contributed by atoms with Crippen LogP contribution in [-0.2, 0) is 0 Å². The third-order valence-corrected chi connectivity index (χ3v) is 3.83. The monoisotopic (exact) mass is 199 g/mol. The lowest BCUT2D eigenvalue weighted by atomic mass is 9.90. The van der Waals surface area contributed by atoms with Crippen LogP contribution in [0.2, 0.25) is 0 Å². The Hall–Kier alpha value is -0.120. The van der Waals surface area contributed by atoms with Gasteiger partial charge >= 0.3 is 0 Å². The van der Waals surface area contributed by atoms with E-state index < -0.39 is 0 Å². The Labute approximate surface area is 85.7 Å². The van der Waals surface area contributed by atoms with Crippen LogP contribution in [0.5, 0.6) is 0 Å². The molecule has 3 atom stereocenters. The van der Waals surface area contributed by atoms with Crippen LogP contribution in [0.15, 0.2) is 0 Å². The Morgan fingerprint density at radius 1 is 1.21 bits per heavy atom. The van der Waals surface area contributed by atoms with Gasteiger partial charge in [0.1, 0.15) is 0 Å². The molecule has 2 rings (SSSR count). The maximum atomic E-state index is 9.85. The maximum Gasteiger partial charge on any atom is 0.0730 e. The molecule has 1 saturated carbocycles. The van der Waals surface area contributed by atoms with Crippen molar-refractivity contribution in [1.82, 2.24) is 4.90 Å². The van der Waals surface area contributed by atoms with E-state index >= 15 is 0 Å². The van der Waals surface area contributed by atoms with Crippen LogP contribution in [0.3, 0.4) is 0 Å². The lowest BCUT2D eigenvalue weighted by molar-refractivity contribution is 0.0745. The predicted octanol–water partition coefficient (Wildman–Crippen LogP) is 0.602. The standard InChI is InChI=1S/C11H21NO2/c1-11(2)7-12(6-10(11)14)8-4-3-5-9(8)13/h8-10,13-14H,3-7H2,1-2H3/t8-,9-,10?/m0/s1. The molecule has 2 fully saturated rings. The summed E-state index contributed by atoms with van der Waals surface area (Å²) in [4.78, 5) is 2.27. The van der Waals surface area contributed by atoms with Crippen molar-refractivity contribution in [3.63, 3.8) is 0 Å². The minimum Gasteiger partial charge on any atom is -0.391 e. The molecule has 0 aromatic rings. The summed E-state index contributed by atoms with van der Waals surface area (Å²) < 4.78 is 0. The third kappa shape index (κ3) is 1.69. The van der Waals surface area contributed by atoms with E-state index in [0.717, 1.165) is 32.4 Å². The quantitative estimate of drug-likeness (QED) is 0.650. The lowest BCUT2D eigenvalue weighted by Gasteiger charge is -2.27. The van der Waals surface area contributed by atoms with E-state index in [2.05, 4.69) is 18.7 Å². The minimum atomic E-state index is -0.240. The van der Waals surface area contributed by atoms with Crippen LogP contribution in [-0.4, -0.2) is 46.5 Å². The van der Waals surface area contributed by atoms with Gasteiger partial charge in [0.15, 0.2) is 0 Å². The first-order chi connectivity index (χ1) is 6.50. The molecule has 14 heavy (non-hydrogen) atoms. The molecule has 0 aromatic heterocycles. The normalized spacial score (nSPS) is 43.3. The van der Waals surface area contributed by atoms with Crippen molar-refractivity contribution < 1.29 is 10.2 Å². The highest BCUT2D eigenvalue weighted by Crippen LogP contribution is 2.34. The number of aliphatic hydroxyl groups excluding tert-OH is 2. The highest BCUT2D eigenvalue weighted by atomic mass is 16.3. The zero-order chi connectivity index (χ0) is 10.3. The lowest BCUT2D eigenvalue weighted by Crippen LogP contribution is -2.39. The molecule has 1 saturated heterocycles. The topological polar surface area (TPSA) is 43.7 Å². The van der Waals surface area contributed by atoms with Crippen molar-refractivity contribution in [2.45, 2.75) is 51.4 Å². The van der Waals surface area contributed by atoms with E-state index in [4.69, 9.17) is 0 Å². The molecule has 1 heterocycles. The van der Waals surface area contributed by atoms with Crippen molar-refractivity contribution >= 4 is 0 Å². The Morgan fingerprint density at radius 2 is 1.93 bits per heavy atom. The molecular weight excluding hydrogens is 178 g/mol. The van der Waals surface area contributed by atoms with Gasteiger partial charge in [-0.25, -0.2) is 0 Å². The maximum absolute atomic E-state index is 9.85. The van der Waals surface area contributed by atoms with Crippen LogP contribution < -0.4 is 0 Å². The van der Waals surface area contributed by atoms with Gasteiger partial charge in [-0.3, -0.25) is 4.90 Å². The van der Waals surface area contributed by atoms with Gasteiger partial charge in [0.05, 0.1) is 12.2 Å². The van der Waals surface area contributed by atoms with Crippen molar-refractivity contribution in [2.24, 2.45) is 5.41 Å². The van der Waals surface area contributed by atoms with E-state index in [1.54, 1.807) is 0 Å². The van der Waals surface area contributed by atoms with Gasteiger partial charge in [-0.15, -0.1) is 0 Å². The smallest absolute Gasteiger partial charge is 0.0730 e. The van der Waals surface area contributed by atoms with Crippen LogP contribution in [0.4, 0.5) is 0 Å². The van der Waals surface area contributed by atoms with Crippen LogP contribution in [0, 0.1) is 5.41 Å². The zero-order valence-electron chi connectivity index (χ0n) is 9.11. The van der Waals surface area contributed by atoms with E-state index in [0.29, 0.717) is 6.04 Å². The van der Waals surface area contributed by atoms with E-state index in [9.17, 15) is 10.2 Å². The molecule has 0 bridgehead atoms. The molecule has 2 aliphatic rings. The van der Waals surface area contributed by atoms with Gasteiger partial charge < -0.3 is 10.2 Å². The fourth-order valence-electron chi connectivity index (χ4n) is 2.76. The highest BCUT2D eigenvalue weighted by molar-refractivity contribution is 4.96. The fraction of sp³-hybridized carbons (Fsp3) is 1.00. The van der Waals surface area contributed by atoms with Crippen LogP contribution in [0.25, 0.3) is 0 Å². The van der Waals surface area contributed by atoms with Crippen molar-refractivity contribution in [2.75, 3.05) is 13.1 Å². The van der Waals surface area contributed by atoms with Gasteiger partial charge in [-0.1, -0.05) is 13.8 Å². The second-order valence-electron chi connectivity index (χ2n) is 5.50. The number of likely N-dealkylation sites (tertiary alicyclic amines) is 1. The van der Waals surface area contributed by atoms with Crippen molar-refractivity contribution in [3.8, 4) is 0 Å². The minimum absolute atomic E-state index is 0.0116. The molecule has 82 valence electrons. The second kappa shape index (κ2) is 3.47. The Morgan fingerprint density at radius 3 is 2.36 bits per heavy atom. The summed E-state index contributed by atoms with van der Waals surface area (Å²) in [6.07, 6.45) is 2.73. The second-order valence-corrected chi connectivity index (χ2v) is 5.50. The molecule has 0 amide bonds. The average Bonchev–Trinajstić information content (AvgIpc) is 2.58. The summed E-state index contributed by atoms with van der Waals surface area (Å²) in [6.45, 7) is 5.84. The summed E-state index contributed by atoms with van der Waals surface area (Å²) >= 11 is 0. The number of hydrogen-bond donors (Lipinski definition) is 2. The van der Waals surface area contributed by atoms with Gasteiger partial charge in [-0.2, -0.15) is 0 Å². The van der Waals surface area contributed by atoms with Crippen LogP contribution in [0.1, 0.15) is 33.1 Å². The molecule has 1 unspecified atom stereocenters. The van der Waals surface area contributed by atoms with Gasteiger partial charge in [-0.05, 0) is 19.3 Å². The molecule has 1 aliphatic heterocycles. The summed E-state index contributed by atoms with van der Waals surface area (Å²) in [5.41, 5.74) is -0.0116. The third-order valence-electron chi connectivity index (χ3n) is 3.83. The Kier molecular flexibility index (Phi) is 2.58. The summed E-state index contributed by atoms with van der Waals surface area (Å²) in [5.74, 6) is 0. The van der Waals surface area contributed by atoms with Gasteiger partial charge in [0, 0.05) is 24.5 Å². The number of aliphatic hydroxyl groups is 2. The zero-order valence-corrected chi connectivity index (χ0v) is 9.11. The SMILES string of the molecule is CC1(C)CN([C@H]2CCC[C@@H]2O)CC1O. The summed E-state index contributed by atoms with van der Waals surface area (Å²) in [7, 11) is 0. The molecule has 1 aliphatic carbocycles. The predicted molar refractivity (Wildman–Crippen MR) is 55.0 cm³/mol. The van der Waals surface area contributed by atoms with Gasteiger partial charge in [0.2, 0.25) is 0 Å². The molecule has 0 spiro atoms. The van der Waals surface area contributed by atoms with Crippen molar-refractivity contribution in [1.29, 1.82) is 0 Å². The van der Waals surface area contributed by atoms with E-state index in [1.807, 2.05) is 0 Å². The summed E-state index contributed by atoms with van der Waals surface area (Å²) in [6, 6.07) is 0.298. The average molecular weight is 199 g/mol. The first-order valence-electron chi connectivity index (χ1n) is 5.61. The molecule has 3 nitrogen and oxygen atoms in total. The molecule has 0 aromatic carbocycles. The molecule has 0 radical (unpaired) electrons. The molecule has 2 N–H and O–H groups in total. The molecule has 3 heteroatoms. The van der Waals surface area contributed by atoms with E-state index in [-0.39, 0.29) is 17.6 Å². The number of hydrogen-bond acceptors (Lipinski definition) is 3. The number of β-amino-alcohol motifs (C(OH)–C–C–N with tert-alkyl or cyclic N) is 1. The Balaban J connectivity index is 2.01. The van der Waals surface area contributed by atoms with Gasteiger partial charge in [0.25, 0.3) is 0 Å².